The fraction of sp³-hybridized carbons (Fsp3) is 0.562. The number of ketones is 1. The van der Waals surface area contributed by atoms with Crippen LogP contribution in [0.15, 0.2) is 109 Å². The van der Waals surface area contributed by atoms with E-state index in [1.165, 1.54) is 19.3 Å². The highest BCUT2D eigenvalue weighted by Gasteiger charge is 2.28. The summed E-state index contributed by atoms with van der Waals surface area (Å²) >= 11 is 0. The molecule has 0 aromatic heterocycles. The van der Waals surface area contributed by atoms with E-state index in [1.807, 2.05) is 54.7 Å². The van der Waals surface area contributed by atoms with Gasteiger partial charge in [0.25, 0.3) is 0 Å². The Hall–Kier alpha value is -3.55. The van der Waals surface area contributed by atoms with Gasteiger partial charge in [-0.15, -0.1) is 0 Å². The molecule has 0 fully saturated rings. The van der Waals surface area contributed by atoms with Crippen LogP contribution in [0.4, 0.5) is 0 Å². The SMILES string of the molecule is CCCCC/C=C\C/C=C\C/C=C\C/C=C\C/C=C\CCC(=O)O[C@H](COC(=O)CCC/C=C\C/C=C\C/C=C\C=C\C(=O)CCCCC)COP(=O)(O)OC[C@@H](O)COP(=O)(O)O. The molecule has 64 heavy (non-hydrogen) atoms. The predicted molar refractivity (Wildman–Crippen MR) is 253 cm³/mol. The molecule has 14 nitrogen and oxygen atoms in total. The molecule has 0 saturated carbocycles. The minimum Gasteiger partial charge on any atom is -0.462 e. The molecule has 362 valence electrons. The Bertz CT molecular complexity index is 1600. The van der Waals surface area contributed by atoms with Gasteiger partial charge in [-0.3, -0.25) is 28.0 Å². The standard InChI is InChI=1S/C48H76O14P2/c1-3-5-7-8-9-10-11-12-13-14-15-16-17-18-21-25-28-31-35-39-48(52)62-46(43-61-64(56,57)60-41-45(50)40-59-63(53,54)55)42-58-47(51)38-34-30-27-24-22-19-20-23-26-29-33-37-44(49)36-32-6-4-2/h9-10,12-13,15-16,18-21,24,26-29,31,33,37,45-46,50H,3-8,11,14,17,22-23,25,30,32,34-36,38-43H2,1-2H3,(H,56,57)(H2,53,54,55)/b10-9-,13-12-,16-15-,20-19-,21-18-,27-24-,29-26-,31-28-,37-33+/t45-,46+/m0/s1. The van der Waals surface area contributed by atoms with Crippen molar-refractivity contribution >= 4 is 33.4 Å². The van der Waals surface area contributed by atoms with E-state index in [2.05, 4.69) is 65.4 Å². The lowest BCUT2D eigenvalue weighted by Gasteiger charge is -2.20. The quantitative estimate of drug-likeness (QED) is 0.0112. The van der Waals surface area contributed by atoms with Crippen molar-refractivity contribution in [2.75, 3.05) is 26.4 Å². The van der Waals surface area contributed by atoms with Crippen LogP contribution in [0.3, 0.4) is 0 Å². The number of hydrogen-bond donors (Lipinski definition) is 4. The minimum atomic E-state index is -4.89. The zero-order valence-corrected chi connectivity index (χ0v) is 39.9. The van der Waals surface area contributed by atoms with E-state index in [4.69, 9.17) is 23.8 Å². The average molecular weight is 939 g/mol. The third-order valence-electron chi connectivity index (χ3n) is 8.61. The topological polar surface area (TPSA) is 212 Å². The second-order valence-electron chi connectivity index (χ2n) is 14.6. The van der Waals surface area contributed by atoms with Gasteiger partial charge in [0.05, 0.1) is 19.8 Å². The highest BCUT2D eigenvalue weighted by Crippen LogP contribution is 2.43. The maximum absolute atomic E-state index is 12.6. The van der Waals surface area contributed by atoms with Crippen molar-refractivity contribution in [1.82, 2.24) is 0 Å². The summed E-state index contributed by atoms with van der Waals surface area (Å²) in [6.45, 7) is 1.39. The molecular formula is C48H76O14P2. The van der Waals surface area contributed by atoms with Gasteiger partial charge in [0.2, 0.25) is 0 Å². The number of carbonyl (C=O) groups excluding carboxylic acids is 3. The lowest BCUT2D eigenvalue weighted by atomic mass is 10.1. The van der Waals surface area contributed by atoms with E-state index in [0.717, 1.165) is 57.8 Å². The van der Waals surface area contributed by atoms with E-state index < -0.39 is 66.2 Å². The summed E-state index contributed by atoms with van der Waals surface area (Å²) in [4.78, 5) is 64.4. The normalized spacial score (nSPS) is 14.8. The molecule has 3 atom stereocenters. The Morgan fingerprint density at radius 3 is 1.55 bits per heavy atom. The first-order valence-corrected chi connectivity index (χ1v) is 25.6. The summed E-state index contributed by atoms with van der Waals surface area (Å²) in [7, 11) is -9.75. The minimum absolute atomic E-state index is 0.0222. The van der Waals surface area contributed by atoms with E-state index in [0.29, 0.717) is 32.1 Å². The van der Waals surface area contributed by atoms with Crippen LogP contribution in [0.5, 0.6) is 0 Å². The molecule has 0 rings (SSSR count). The Balaban J connectivity index is 4.77. The number of rotatable bonds is 41. The van der Waals surface area contributed by atoms with Gasteiger partial charge in [0.1, 0.15) is 12.7 Å². The number of phosphoric acid groups is 2. The molecule has 16 heteroatoms. The van der Waals surface area contributed by atoms with Crippen LogP contribution < -0.4 is 0 Å². The van der Waals surface area contributed by atoms with Crippen LogP contribution in [-0.2, 0) is 46.6 Å². The summed E-state index contributed by atoms with van der Waals surface area (Å²) in [5.74, 6) is -1.10. The van der Waals surface area contributed by atoms with Crippen molar-refractivity contribution in [3.05, 3.63) is 109 Å². The van der Waals surface area contributed by atoms with Crippen molar-refractivity contribution < 1.29 is 66.3 Å². The molecule has 0 bridgehead atoms. The van der Waals surface area contributed by atoms with Crippen molar-refractivity contribution in [3.63, 3.8) is 0 Å². The van der Waals surface area contributed by atoms with E-state index in [1.54, 1.807) is 12.2 Å². The first-order chi connectivity index (χ1) is 30.8. The molecule has 1 unspecified atom stereocenters. The second-order valence-corrected chi connectivity index (χ2v) is 17.3. The molecule has 0 amide bonds. The van der Waals surface area contributed by atoms with Crippen molar-refractivity contribution in [2.24, 2.45) is 0 Å². The number of allylic oxidation sites excluding steroid dienone is 18. The number of esters is 2. The molecule has 4 N–H and O–H groups in total. The van der Waals surface area contributed by atoms with E-state index in [-0.39, 0.29) is 18.6 Å². The summed E-state index contributed by atoms with van der Waals surface area (Å²) < 4.78 is 47.6. The smallest absolute Gasteiger partial charge is 0.462 e. The maximum atomic E-state index is 12.6. The van der Waals surface area contributed by atoms with Crippen LogP contribution in [0.25, 0.3) is 0 Å². The Labute approximate surface area is 382 Å². The molecule has 0 heterocycles. The van der Waals surface area contributed by atoms with Gasteiger partial charge >= 0.3 is 27.6 Å². The van der Waals surface area contributed by atoms with E-state index in [9.17, 15) is 33.5 Å². The number of aliphatic hydroxyl groups excluding tert-OH is 1. The molecule has 0 radical (unpaired) electrons. The summed E-state index contributed by atoms with van der Waals surface area (Å²) in [6.07, 6.45) is 48.0. The lowest BCUT2D eigenvalue weighted by molar-refractivity contribution is -0.161. The number of carbonyl (C=O) groups is 3. The molecule has 0 aliphatic rings. The fourth-order valence-electron chi connectivity index (χ4n) is 5.16. The van der Waals surface area contributed by atoms with Gasteiger partial charge in [0, 0.05) is 19.3 Å². The van der Waals surface area contributed by atoms with Gasteiger partial charge in [-0.05, 0) is 83.1 Å². The number of aliphatic hydroxyl groups is 1. The van der Waals surface area contributed by atoms with Crippen molar-refractivity contribution in [3.8, 4) is 0 Å². The number of phosphoric ester groups is 2. The fourth-order valence-corrected chi connectivity index (χ4v) is 6.31. The summed E-state index contributed by atoms with van der Waals surface area (Å²) in [5, 5.41) is 9.75. The summed E-state index contributed by atoms with van der Waals surface area (Å²) in [5.41, 5.74) is 0. The number of unbranched alkanes of at least 4 members (excludes halogenated alkanes) is 6. The van der Waals surface area contributed by atoms with Gasteiger partial charge < -0.3 is 29.3 Å². The van der Waals surface area contributed by atoms with Crippen LogP contribution in [0, 0.1) is 0 Å². The van der Waals surface area contributed by atoms with Gasteiger partial charge in [-0.2, -0.15) is 0 Å². The molecule has 0 aliphatic heterocycles. The first-order valence-electron chi connectivity index (χ1n) is 22.5. The van der Waals surface area contributed by atoms with Crippen LogP contribution in [0.2, 0.25) is 0 Å². The first kappa shape index (κ1) is 60.5. The van der Waals surface area contributed by atoms with Gasteiger partial charge in [0.15, 0.2) is 11.9 Å². The zero-order chi connectivity index (χ0) is 47.4. The molecule has 0 saturated heterocycles. The predicted octanol–water partition coefficient (Wildman–Crippen LogP) is 11.1. The Kier molecular flexibility index (Phi) is 39.8. The number of hydrogen-bond acceptors (Lipinski definition) is 11. The highest BCUT2D eigenvalue weighted by atomic mass is 31.2. The number of ether oxygens (including phenoxy) is 2. The van der Waals surface area contributed by atoms with Crippen LogP contribution in [0.1, 0.15) is 136 Å². The van der Waals surface area contributed by atoms with Crippen LogP contribution >= 0.6 is 15.6 Å². The van der Waals surface area contributed by atoms with Crippen molar-refractivity contribution in [2.45, 2.75) is 148 Å². The monoisotopic (exact) mass is 938 g/mol. The molecule has 0 aromatic rings. The largest absolute Gasteiger partial charge is 0.472 e. The van der Waals surface area contributed by atoms with E-state index >= 15 is 0 Å². The van der Waals surface area contributed by atoms with Crippen molar-refractivity contribution in [1.29, 1.82) is 0 Å². The Morgan fingerprint density at radius 1 is 0.500 bits per heavy atom. The summed E-state index contributed by atoms with van der Waals surface area (Å²) in [6, 6.07) is 0. The third kappa shape index (κ3) is 45.0. The van der Waals surface area contributed by atoms with Gasteiger partial charge in [-0.25, -0.2) is 9.13 Å². The molecule has 0 spiro atoms. The van der Waals surface area contributed by atoms with Crippen LogP contribution in [-0.4, -0.2) is 76.1 Å². The Morgan fingerprint density at radius 2 is 0.984 bits per heavy atom. The second kappa shape index (κ2) is 42.1. The highest BCUT2D eigenvalue weighted by molar-refractivity contribution is 7.47. The maximum Gasteiger partial charge on any atom is 0.472 e. The molecule has 0 aliphatic carbocycles. The third-order valence-corrected chi connectivity index (χ3v) is 10.1. The van der Waals surface area contributed by atoms with Gasteiger partial charge in [-0.1, -0.05) is 143 Å². The molecule has 0 aromatic carbocycles. The zero-order valence-electron chi connectivity index (χ0n) is 38.1. The molecular weight excluding hydrogens is 862 g/mol. The average Bonchev–Trinajstić information content (AvgIpc) is 3.25. The lowest BCUT2D eigenvalue weighted by Crippen LogP contribution is -2.29.